The number of aliphatic carboxylic acids is 1. The van der Waals surface area contributed by atoms with Crippen molar-refractivity contribution < 1.29 is 14.6 Å². The van der Waals surface area contributed by atoms with Crippen LogP contribution in [0.15, 0.2) is 23.1 Å². The molecule has 0 fully saturated rings. The molecule has 0 aliphatic heterocycles. The van der Waals surface area contributed by atoms with Gasteiger partial charge in [-0.05, 0) is 37.4 Å². The molecule has 0 saturated carbocycles. The SMILES string of the molecule is CCC(C(=O)O)N(C)Cc1ccc(SC)c(OC)c1. The fraction of sp³-hybridized carbons (Fsp3) is 0.500. The van der Waals surface area contributed by atoms with Crippen LogP contribution in [-0.4, -0.2) is 42.4 Å². The van der Waals surface area contributed by atoms with E-state index in [9.17, 15) is 4.79 Å². The van der Waals surface area contributed by atoms with Crippen molar-refractivity contribution in [1.29, 1.82) is 0 Å². The number of carboxylic acids is 1. The molecule has 0 amide bonds. The fourth-order valence-electron chi connectivity index (χ4n) is 2.05. The maximum atomic E-state index is 11.1. The second-order valence-corrected chi connectivity index (χ2v) is 5.21. The van der Waals surface area contributed by atoms with E-state index in [0.717, 1.165) is 16.2 Å². The molecule has 1 unspecified atom stereocenters. The predicted molar refractivity (Wildman–Crippen MR) is 78.0 cm³/mol. The van der Waals surface area contributed by atoms with Crippen LogP contribution in [0.4, 0.5) is 0 Å². The van der Waals surface area contributed by atoms with Crippen molar-refractivity contribution >= 4 is 17.7 Å². The predicted octanol–water partition coefficient (Wildman–Crippen LogP) is 2.71. The highest BCUT2D eigenvalue weighted by Crippen LogP contribution is 2.28. The van der Waals surface area contributed by atoms with Gasteiger partial charge in [-0.2, -0.15) is 0 Å². The Kier molecular flexibility index (Phi) is 6.18. The third-order valence-electron chi connectivity index (χ3n) is 3.08. The molecule has 0 aliphatic carbocycles. The quantitative estimate of drug-likeness (QED) is 0.780. The second-order valence-electron chi connectivity index (χ2n) is 4.37. The van der Waals surface area contributed by atoms with E-state index >= 15 is 0 Å². The molecule has 1 aromatic rings. The minimum atomic E-state index is -0.780. The van der Waals surface area contributed by atoms with Gasteiger partial charge in [-0.1, -0.05) is 13.0 Å². The zero-order chi connectivity index (χ0) is 14.4. The summed E-state index contributed by atoms with van der Waals surface area (Å²) >= 11 is 1.63. The molecule has 0 aliphatic rings. The first kappa shape index (κ1) is 15.9. The van der Waals surface area contributed by atoms with E-state index in [1.165, 1.54) is 0 Å². The number of carboxylic acid groups (broad SMARTS) is 1. The van der Waals surface area contributed by atoms with Gasteiger partial charge in [0.25, 0.3) is 0 Å². The van der Waals surface area contributed by atoms with Gasteiger partial charge < -0.3 is 9.84 Å². The zero-order valence-corrected chi connectivity index (χ0v) is 12.7. The summed E-state index contributed by atoms with van der Waals surface area (Å²) in [5.74, 6) is 0.0551. The van der Waals surface area contributed by atoms with E-state index in [2.05, 4.69) is 0 Å². The fourth-order valence-corrected chi connectivity index (χ4v) is 2.60. The van der Waals surface area contributed by atoms with E-state index in [0.29, 0.717) is 13.0 Å². The summed E-state index contributed by atoms with van der Waals surface area (Å²) in [5, 5.41) is 9.13. The van der Waals surface area contributed by atoms with Gasteiger partial charge in [0.05, 0.1) is 7.11 Å². The van der Waals surface area contributed by atoms with Crippen LogP contribution in [0.2, 0.25) is 0 Å². The molecule has 0 aromatic heterocycles. The third-order valence-corrected chi connectivity index (χ3v) is 3.86. The van der Waals surface area contributed by atoms with Crippen LogP contribution in [0, 0.1) is 0 Å². The van der Waals surface area contributed by atoms with Crippen LogP contribution < -0.4 is 4.74 Å². The van der Waals surface area contributed by atoms with Crippen LogP contribution in [0.3, 0.4) is 0 Å². The topological polar surface area (TPSA) is 49.8 Å². The Morgan fingerprint density at radius 2 is 2.21 bits per heavy atom. The van der Waals surface area contributed by atoms with Crippen molar-refractivity contribution in [3.63, 3.8) is 0 Å². The summed E-state index contributed by atoms with van der Waals surface area (Å²) in [4.78, 5) is 14.0. The average molecular weight is 283 g/mol. The Morgan fingerprint density at radius 1 is 1.53 bits per heavy atom. The molecular weight excluding hydrogens is 262 g/mol. The first-order valence-corrected chi connectivity index (χ1v) is 7.39. The summed E-state index contributed by atoms with van der Waals surface area (Å²) in [7, 11) is 3.48. The van der Waals surface area contributed by atoms with Crippen molar-refractivity contribution in [2.75, 3.05) is 20.4 Å². The monoisotopic (exact) mass is 283 g/mol. The normalized spacial score (nSPS) is 12.5. The largest absolute Gasteiger partial charge is 0.496 e. The zero-order valence-electron chi connectivity index (χ0n) is 11.8. The summed E-state index contributed by atoms with van der Waals surface area (Å²) in [5.41, 5.74) is 1.05. The first-order chi connectivity index (χ1) is 9.03. The highest BCUT2D eigenvalue weighted by Gasteiger charge is 2.20. The number of rotatable bonds is 7. The lowest BCUT2D eigenvalue weighted by molar-refractivity contribution is -0.143. The molecular formula is C14H21NO3S. The van der Waals surface area contributed by atoms with Crippen LogP contribution >= 0.6 is 11.8 Å². The number of likely N-dealkylation sites (N-methyl/N-ethyl adjacent to an activating group) is 1. The van der Waals surface area contributed by atoms with Crippen molar-refractivity contribution in [3.05, 3.63) is 23.8 Å². The minimum absolute atomic E-state index is 0.453. The number of methoxy groups -OCH3 is 1. The van der Waals surface area contributed by atoms with Gasteiger partial charge in [-0.25, -0.2) is 0 Å². The van der Waals surface area contributed by atoms with Crippen LogP contribution in [0.1, 0.15) is 18.9 Å². The summed E-state index contributed by atoms with van der Waals surface area (Å²) < 4.78 is 5.34. The highest BCUT2D eigenvalue weighted by atomic mass is 32.2. The molecule has 19 heavy (non-hydrogen) atoms. The molecule has 0 bridgehead atoms. The standard InChI is InChI=1S/C14H21NO3S/c1-5-11(14(16)17)15(2)9-10-6-7-13(19-4)12(8-10)18-3/h6-8,11H,5,9H2,1-4H3,(H,16,17). The van der Waals surface area contributed by atoms with Gasteiger partial charge in [0.1, 0.15) is 11.8 Å². The molecule has 5 heteroatoms. The number of hydrogen-bond donors (Lipinski definition) is 1. The molecule has 1 rings (SSSR count). The molecule has 1 atom stereocenters. The van der Waals surface area contributed by atoms with E-state index in [1.807, 2.05) is 43.3 Å². The Hall–Kier alpha value is -1.20. The molecule has 0 radical (unpaired) electrons. The van der Waals surface area contributed by atoms with E-state index < -0.39 is 12.0 Å². The van der Waals surface area contributed by atoms with E-state index in [-0.39, 0.29) is 0 Å². The maximum absolute atomic E-state index is 11.1. The Labute approximate surface area is 118 Å². The second kappa shape index (κ2) is 7.40. The molecule has 1 aromatic carbocycles. The smallest absolute Gasteiger partial charge is 0.320 e. The van der Waals surface area contributed by atoms with Crippen LogP contribution in [0.25, 0.3) is 0 Å². The number of thioether (sulfide) groups is 1. The van der Waals surface area contributed by atoms with Gasteiger partial charge in [-0.15, -0.1) is 11.8 Å². The average Bonchev–Trinajstić information content (AvgIpc) is 2.38. The summed E-state index contributed by atoms with van der Waals surface area (Å²) in [6.45, 7) is 2.47. The number of carbonyl (C=O) groups is 1. The van der Waals surface area contributed by atoms with Crippen LogP contribution in [-0.2, 0) is 11.3 Å². The molecule has 1 N–H and O–H groups in total. The Balaban J connectivity index is 2.84. The summed E-state index contributed by atoms with van der Waals surface area (Å²) in [6, 6.07) is 5.54. The van der Waals surface area contributed by atoms with Gasteiger partial charge >= 0.3 is 5.97 Å². The molecule has 0 saturated heterocycles. The number of nitrogens with zero attached hydrogens (tertiary/aromatic N) is 1. The van der Waals surface area contributed by atoms with Gasteiger partial charge in [0.2, 0.25) is 0 Å². The lowest BCUT2D eigenvalue weighted by Gasteiger charge is -2.23. The summed E-state index contributed by atoms with van der Waals surface area (Å²) in [6.07, 6.45) is 2.59. The van der Waals surface area contributed by atoms with Crippen molar-refractivity contribution in [2.45, 2.75) is 30.8 Å². The van der Waals surface area contributed by atoms with Crippen LogP contribution in [0.5, 0.6) is 5.75 Å². The van der Waals surface area contributed by atoms with Crippen molar-refractivity contribution in [2.24, 2.45) is 0 Å². The molecule has 106 valence electrons. The number of hydrogen-bond acceptors (Lipinski definition) is 4. The number of benzene rings is 1. The number of ether oxygens (including phenoxy) is 1. The lowest BCUT2D eigenvalue weighted by atomic mass is 10.1. The first-order valence-electron chi connectivity index (χ1n) is 6.17. The Bertz CT molecular complexity index is 437. The molecule has 4 nitrogen and oxygen atoms in total. The van der Waals surface area contributed by atoms with Gasteiger partial charge in [0, 0.05) is 11.4 Å². The van der Waals surface area contributed by atoms with E-state index in [4.69, 9.17) is 9.84 Å². The Morgan fingerprint density at radius 3 is 2.68 bits per heavy atom. The highest BCUT2D eigenvalue weighted by molar-refractivity contribution is 7.98. The minimum Gasteiger partial charge on any atom is -0.496 e. The molecule has 0 spiro atoms. The van der Waals surface area contributed by atoms with Gasteiger partial charge in [0.15, 0.2) is 0 Å². The van der Waals surface area contributed by atoms with Crippen molar-refractivity contribution in [3.8, 4) is 5.75 Å². The molecule has 0 heterocycles. The van der Waals surface area contributed by atoms with Crippen molar-refractivity contribution in [1.82, 2.24) is 4.90 Å². The van der Waals surface area contributed by atoms with E-state index in [1.54, 1.807) is 18.9 Å². The third kappa shape index (κ3) is 4.14. The van der Waals surface area contributed by atoms with Gasteiger partial charge in [-0.3, -0.25) is 9.69 Å². The maximum Gasteiger partial charge on any atom is 0.320 e. The lowest BCUT2D eigenvalue weighted by Crippen LogP contribution is -2.37.